The Labute approximate surface area is 157 Å². The summed E-state index contributed by atoms with van der Waals surface area (Å²) >= 11 is 0. The van der Waals surface area contributed by atoms with Crippen LogP contribution in [0.4, 0.5) is 0 Å². The predicted molar refractivity (Wildman–Crippen MR) is 105 cm³/mol. The molecule has 0 saturated carbocycles. The van der Waals surface area contributed by atoms with Crippen LogP contribution in [-0.4, -0.2) is 22.2 Å². The van der Waals surface area contributed by atoms with E-state index in [0.29, 0.717) is 18.4 Å². The third-order valence-corrected chi connectivity index (χ3v) is 5.02. The SMILES string of the molecule is CCCCCCCCCCCCc1c(CC)ccc(C(=O)O)c1C(=O)O. The topological polar surface area (TPSA) is 74.6 Å². The number of carboxylic acid groups (broad SMARTS) is 2. The fourth-order valence-corrected chi connectivity index (χ4v) is 3.52. The Balaban J connectivity index is 2.52. The number of unbranched alkanes of at least 4 members (excludes halogenated alkanes) is 9. The number of hydrogen-bond acceptors (Lipinski definition) is 2. The lowest BCUT2D eigenvalue weighted by molar-refractivity contribution is 0.0650. The van der Waals surface area contributed by atoms with Gasteiger partial charge in [0.1, 0.15) is 0 Å². The second-order valence-corrected chi connectivity index (χ2v) is 7.02. The quantitative estimate of drug-likeness (QED) is 0.392. The van der Waals surface area contributed by atoms with Crippen molar-refractivity contribution in [2.75, 3.05) is 0 Å². The molecule has 0 atom stereocenters. The Morgan fingerprint density at radius 2 is 1.31 bits per heavy atom. The highest BCUT2D eigenvalue weighted by atomic mass is 16.4. The van der Waals surface area contributed by atoms with E-state index in [0.717, 1.165) is 24.8 Å². The van der Waals surface area contributed by atoms with Crippen molar-refractivity contribution < 1.29 is 19.8 Å². The van der Waals surface area contributed by atoms with E-state index in [1.807, 2.05) is 6.92 Å². The minimum absolute atomic E-state index is 0.0206. The van der Waals surface area contributed by atoms with Crippen LogP contribution in [-0.2, 0) is 12.8 Å². The van der Waals surface area contributed by atoms with Crippen LogP contribution in [0.5, 0.6) is 0 Å². The van der Waals surface area contributed by atoms with Crippen molar-refractivity contribution in [1.82, 2.24) is 0 Å². The number of aromatic carboxylic acids is 2. The largest absolute Gasteiger partial charge is 0.478 e. The maximum absolute atomic E-state index is 11.6. The summed E-state index contributed by atoms with van der Waals surface area (Å²) < 4.78 is 0. The highest BCUT2D eigenvalue weighted by molar-refractivity contribution is 6.03. The molecule has 0 radical (unpaired) electrons. The lowest BCUT2D eigenvalue weighted by Gasteiger charge is -2.14. The molecule has 0 aliphatic heterocycles. The first-order chi connectivity index (χ1) is 12.5. The normalized spacial score (nSPS) is 10.8. The van der Waals surface area contributed by atoms with Crippen molar-refractivity contribution in [2.24, 2.45) is 0 Å². The summed E-state index contributed by atoms with van der Waals surface area (Å²) in [6.07, 6.45) is 13.6. The summed E-state index contributed by atoms with van der Waals surface area (Å²) in [5.41, 5.74) is 1.53. The monoisotopic (exact) mass is 362 g/mol. The Kier molecular flexibility index (Phi) is 10.7. The fraction of sp³-hybridized carbons (Fsp3) is 0.636. The molecule has 0 aliphatic rings. The maximum atomic E-state index is 11.6. The molecule has 0 saturated heterocycles. The van der Waals surface area contributed by atoms with Crippen LogP contribution in [0, 0.1) is 0 Å². The van der Waals surface area contributed by atoms with Gasteiger partial charge in [-0.3, -0.25) is 0 Å². The summed E-state index contributed by atoms with van der Waals surface area (Å²) in [7, 11) is 0. The van der Waals surface area contributed by atoms with E-state index in [-0.39, 0.29) is 11.1 Å². The van der Waals surface area contributed by atoms with E-state index in [4.69, 9.17) is 0 Å². The van der Waals surface area contributed by atoms with E-state index in [1.165, 1.54) is 51.0 Å². The molecule has 2 N–H and O–H groups in total. The molecule has 0 spiro atoms. The van der Waals surface area contributed by atoms with Gasteiger partial charge in [-0.25, -0.2) is 9.59 Å². The highest BCUT2D eigenvalue weighted by Gasteiger charge is 2.21. The average Bonchev–Trinajstić information content (AvgIpc) is 2.62. The van der Waals surface area contributed by atoms with Gasteiger partial charge >= 0.3 is 11.9 Å². The highest BCUT2D eigenvalue weighted by Crippen LogP contribution is 2.23. The van der Waals surface area contributed by atoms with Gasteiger partial charge in [0.2, 0.25) is 0 Å². The molecular weight excluding hydrogens is 328 g/mol. The molecule has 0 bridgehead atoms. The number of carbonyl (C=O) groups is 2. The van der Waals surface area contributed by atoms with Crippen LogP contribution in [0.3, 0.4) is 0 Å². The number of benzene rings is 1. The van der Waals surface area contributed by atoms with Gasteiger partial charge in [0, 0.05) is 0 Å². The van der Waals surface area contributed by atoms with Crippen molar-refractivity contribution in [3.05, 3.63) is 34.4 Å². The lowest BCUT2D eigenvalue weighted by Crippen LogP contribution is -2.13. The summed E-state index contributed by atoms with van der Waals surface area (Å²) in [6.45, 7) is 4.20. The van der Waals surface area contributed by atoms with E-state index in [9.17, 15) is 19.8 Å². The van der Waals surface area contributed by atoms with Crippen LogP contribution in [0.2, 0.25) is 0 Å². The Bertz CT molecular complexity index is 578. The molecule has 26 heavy (non-hydrogen) atoms. The molecule has 0 fully saturated rings. The molecule has 0 aromatic heterocycles. The van der Waals surface area contributed by atoms with Crippen LogP contribution in [0.1, 0.15) is 110 Å². The zero-order valence-corrected chi connectivity index (χ0v) is 16.4. The van der Waals surface area contributed by atoms with Crippen LogP contribution >= 0.6 is 0 Å². The molecule has 1 aromatic rings. The van der Waals surface area contributed by atoms with Gasteiger partial charge in [-0.1, -0.05) is 77.7 Å². The maximum Gasteiger partial charge on any atom is 0.336 e. The smallest absolute Gasteiger partial charge is 0.336 e. The molecule has 4 heteroatoms. The molecule has 0 heterocycles. The average molecular weight is 363 g/mol. The van der Waals surface area contributed by atoms with E-state index < -0.39 is 11.9 Å². The van der Waals surface area contributed by atoms with Gasteiger partial charge in [0.05, 0.1) is 11.1 Å². The van der Waals surface area contributed by atoms with Gasteiger partial charge in [-0.05, 0) is 36.5 Å². The number of carboxylic acids is 2. The first-order valence-electron chi connectivity index (χ1n) is 10.1. The van der Waals surface area contributed by atoms with E-state index in [1.54, 1.807) is 6.07 Å². The van der Waals surface area contributed by atoms with Gasteiger partial charge in [-0.15, -0.1) is 0 Å². The van der Waals surface area contributed by atoms with Crippen molar-refractivity contribution in [3.8, 4) is 0 Å². The van der Waals surface area contributed by atoms with Crippen LogP contribution < -0.4 is 0 Å². The third kappa shape index (κ3) is 7.19. The molecular formula is C22H34O4. The number of rotatable bonds is 14. The minimum Gasteiger partial charge on any atom is -0.478 e. The summed E-state index contributed by atoms with van der Waals surface area (Å²) in [4.78, 5) is 23.0. The van der Waals surface area contributed by atoms with Gasteiger partial charge in [-0.2, -0.15) is 0 Å². The fourth-order valence-electron chi connectivity index (χ4n) is 3.52. The second-order valence-electron chi connectivity index (χ2n) is 7.02. The molecule has 0 unspecified atom stereocenters. The molecule has 0 amide bonds. The van der Waals surface area contributed by atoms with Crippen molar-refractivity contribution in [2.45, 2.75) is 90.9 Å². The third-order valence-electron chi connectivity index (χ3n) is 5.02. The Morgan fingerprint density at radius 1 is 0.769 bits per heavy atom. The lowest BCUT2D eigenvalue weighted by atomic mass is 9.90. The zero-order valence-electron chi connectivity index (χ0n) is 16.4. The summed E-state index contributed by atoms with van der Waals surface area (Å²) in [5.74, 6) is -2.31. The molecule has 1 rings (SSSR count). The van der Waals surface area contributed by atoms with Crippen molar-refractivity contribution >= 4 is 11.9 Å². The summed E-state index contributed by atoms with van der Waals surface area (Å²) in [6, 6.07) is 3.19. The second kappa shape index (κ2) is 12.5. The van der Waals surface area contributed by atoms with Gasteiger partial charge in [0.15, 0.2) is 0 Å². The van der Waals surface area contributed by atoms with Gasteiger partial charge < -0.3 is 10.2 Å². The summed E-state index contributed by atoms with van der Waals surface area (Å²) in [5, 5.41) is 18.8. The van der Waals surface area contributed by atoms with Gasteiger partial charge in [0.25, 0.3) is 0 Å². The van der Waals surface area contributed by atoms with E-state index >= 15 is 0 Å². The molecule has 1 aromatic carbocycles. The first kappa shape index (κ1) is 22.2. The zero-order chi connectivity index (χ0) is 19.4. The molecule has 4 nitrogen and oxygen atoms in total. The number of hydrogen-bond donors (Lipinski definition) is 2. The first-order valence-corrected chi connectivity index (χ1v) is 10.1. The molecule has 0 aliphatic carbocycles. The Hall–Kier alpha value is -1.84. The predicted octanol–water partition coefficient (Wildman–Crippen LogP) is 6.11. The molecule has 146 valence electrons. The van der Waals surface area contributed by atoms with E-state index in [2.05, 4.69) is 6.92 Å². The minimum atomic E-state index is -1.17. The van der Waals surface area contributed by atoms with Crippen molar-refractivity contribution in [3.63, 3.8) is 0 Å². The van der Waals surface area contributed by atoms with Crippen LogP contribution in [0.25, 0.3) is 0 Å². The van der Waals surface area contributed by atoms with Crippen LogP contribution in [0.15, 0.2) is 12.1 Å². The standard InChI is InChI=1S/C22H34O4/c1-3-5-6-7-8-9-10-11-12-13-14-18-17(4-2)15-16-19(21(23)24)20(18)22(25)26/h15-16H,3-14H2,1-2H3,(H,23,24)(H,25,26). The number of aryl methyl sites for hydroxylation is 1. The Morgan fingerprint density at radius 3 is 1.77 bits per heavy atom. The van der Waals surface area contributed by atoms with Crippen molar-refractivity contribution in [1.29, 1.82) is 0 Å².